The SMILES string of the molecule is CON=C(c1cc(OC)c(OC)cc1C)c1c(Cl)cccc1Cl. The van der Waals surface area contributed by atoms with Crippen molar-refractivity contribution in [3.63, 3.8) is 0 Å². The van der Waals surface area contributed by atoms with Crippen molar-refractivity contribution < 1.29 is 14.3 Å². The van der Waals surface area contributed by atoms with Crippen LogP contribution in [0.5, 0.6) is 11.5 Å². The van der Waals surface area contributed by atoms with Crippen LogP contribution in [0.4, 0.5) is 0 Å². The Balaban J connectivity index is 2.71. The molecule has 0 atom stereocenters. The maximum atomic E-state index is 6.32. The molecule has 0 saturated carbocycles. The Kier molecular flexibility index (Phi) is 5.74. The second-order valence-electron chi connectivity index (χ2n) is 4.74. The van der Waals surface area contributed by atoms with Gasteiger partial charge in [-0.2, -0.15) is 0 Å². The maximum Gasteiger partial charge on any atom is 0.161 e. The molecule has 0 aliphatic carbocycles. The fourth-order valence-electron chi connectivity index (χ4n) is 2.28. The van der Waals surface area contributed by atoms with Crippen molar-refractivity contribution >= 4 is 28.9 Å². The van der Waals surface area contributed by atoms with E-state index in [4.69, 9.17) is 37.5 Å². The molecule has 0 amide bonds. The summed E-state index contributed by atoms with van der Waals surface area (Å²) in [6.07, 6.45) is 0. The predicted molar refractivity (Wildman–Crippen MR) is 93.4 cm³/mol. The number of nitrogens with zero attached hydrogens (tertiary/aromatic N) is 1. The molecule has 0 radical (unpaired) electrons. The first kappa shape index (κ1) is 17.4. The van der Waals surface area contributed by atoms with Crippen LogP contribution in [0.3, 0.4) is 0 Å². The van der Waals surface area contributed by atoms with Gasteiger partial charge in [0.05, 0.1) is 24.3 Å². The topological polar surface area (TPSA) is 40.0 Å². The van der Waals surface area contributed by atoms with Crippen molar-refractivity contribution in [3.8, 4) is 11.5 Å². The summed E-state index contributed by atoms with van der Waals surface area (Å²) in [5.74, 6) is 1.22. The van der Waals surface area contributed by atoms with Gasteiger partial charge in [0.1, 0.15) is 12.8 Å². The van der Waals surface area contributed by atoms with E-state index in [1.165, 1.54) is 7.11 Å². The molecule has 0 aromatic heterocycles. The molecule has 0 unspecified atom stereocenters. The van der Waals surface area contributed by atoms with Crippen molar-refractivity contribution in [1.29, 1.82) is 0 Å². The molecule has 0 bridgehead atoms. The van der Waals surface area contributed by atoms with E-state index in [0.717, 1.165) is 11.1 Å². The second-order valence-corrected chi connectivity index (χ2v) is 5.56. The third-order valence-corrected chi connectivity index (χ3v) is 4.00. The van der Waals surface area contributed by atoms with E-state index < -0.39 is 0 Å². The van der Waals surface area contributed by atoms with Crippen molar-refractivity contribution in [1.82, 2.24) is 0 Å². The van der Waals surface area contributed by atoms with Gasteiger partial charge in [-0.25, -0.2) is 0 Å². The minimum Gasteiger partial charge on any atom is -0.493 e. The number of hydrogen-bond donors (Lipinski definition) is 0. The molecule has 0 fully saturated rings. The molecule has 2 rings (SSSR count). The van der Waals surface area contributed by atoms with Crippen LogP contribution in [-0.4, -0.2) is 27.0 Å². The Bertz CT molecular complexity index is 725. The lowest BCUT2D eigenvalue weighted by molar-refractivity contribution is 0.214. The van der Waals surface area contributed by atoms with Gasteiger partial charge in [-0.15, -0.1) is 0 Å². The number of oxime groups is 1. The van der Waals surface area contributed by atoms with E-state index in [0.29, 0.717) is 32.8 Å². The lowest BCUT2D eigenvalue weighted by Crippen LogP contribution is -2.09. The fraction of sp³-hybridized carbons (Fsp3) is 0.235. The van der Waals surface area contributed by atoms with Crippen molar-refractivity contribution in [3.05, 3.63) is 57.1 Å². The summed E-state index contributed by atoms with van der Waals surface area (Å²) in [5, 5.41) is 5.11. The Hall–Kier alpha value is -1.91. The van der Waals surface area contributed by atoms with E-state index in [1.54, 1.807) is 32.4 Å². The van der Waals surface area contributed by atoms with Crippen molar-refractivity contribution in [2.24, 2.45) is 5.16 Å². The molecule has 0 spiro atoms. The molecule has 0 saturated heterocycles. The molecule has 4 nitrogen and oxygen atoms in total. The minimum atomic E-state index is 0.488. The average Bonchev–Trinajstić information content (AvgIpc) is 2.53. The van der Waals surface area contributed by atoms with Crippen LogP contribution < -0.4 is 9.47 Å². The lowest BCUT2D eigenvalue weighted by Gasteiger charge is -2.15. The van der Waals surface area contributed by atoms with Gasteiger partial charge < -0.3 is 14.3 Å². The van der Waals surface area contributed by atoms with Crippen LogP contribution in [0.2, 0.25) is 10.0 Å². The highest BCUT2D eigenvalue weighted by molar-refractivity contribution is 6.41. The van der Waals surface area contributed by atoms with Crippen molar-refractivity contribution in [2.75, 3.05) is 21.3 Å². The molecule has 6 heteroatoms. The quantitative estimate of drug-likeness (QED) is 0.576. The number of methoxy groups -OCH3 is 2. The zero-order chi connectivity index (χ0) is 17.0. The summed E-state index contributed by atoms with van der Waals surface area (Å²) >= 11 is 12.6. The largest absolute Gasteiger partial charge is 0.493 e. The smallest absolute Gasteiger partial charge is 0.161 e. The monoisotopic (exact) mass is 353 g/mol. The summed E-state index contributed by atoms with van der Waals surface area (Å²) in [6.45, 7) is 1.94. The third kappa shape index (κ3) is 3.54. The Labute approximate surface area is 145 Å². The van der Waals surface area contributed by atoms with Gasteiger partial charge in [-0.3, -0.25) is 0 Å². The second kappa shape index (κ2) is 7.57. The molecule has 0 aliphatic rings. The zero-order valence-electron chi connectivity index (χ0n) is 13.3. The Morgan fingerprint density at radius 1 is 0.957 bits per heavy atom. The van der Waals surface area contributed by atoms with E-state index in [9.17, 15) is 0 Å². The molecular formula is C17H17Cl2NO3. The standard InChI is InChI=1S/C17H17Cl2NO3/c1-10-8-14(21-2)15(22-3)9-11(10)17(20-23-4)16-12(18)6-5-7-13(16)19/h5-9H,1-4H3. The van der Waals surface area contributed by atoms with Crippen LogP contribution in [0, 0.1) is 6.92 Å². The first-order valence-corrected chi connectivity index (χ1v) is 7.57. The van der Waals surface area contributed by atoms with Gasteiger partial charge in [0.2, 0.25) is 0 Å². The number of aryl methyl sites for hydroxylation is 1. The maximum absolute atomic E-state index is 6.32. The molecule has 2 aromatic rings. The van der Waals surface area contributed by atoms with E-state index in [-0.39, 0.29) is 0 Å². The highest BCUT2D eigenvalue weighted by atomic mass is 35.5. The predicted octanol–water partition coefficient (Wildman–Crippen LogP) is 4.72. The molecule has 0 aliphatic heterocycles. The summed E-state index contributed by atoms with van der Waals surface area (Å²) in [7, 11) is 4.64. The number of hydrogen-bond acceptors (Lipinski definition) is 4. The van der Waals surface area contributed by atoms with Crippen molar-refractivity contribution in [2.45, 2.75) is 6.92 Å². The normalized spacial score (nSPS) is 11.3. The molecule has 2 aromatic carbocycles. The Morgan fingerprint density at radius 3 is 2.04 bits per heavy atom. The average molecular weight is 354 g/mol. The number of halogens is 2. The molecule has 0 N–H and O–H groups in total. The molecule has 23 heavy (non-hydrogen) atoms. The third-order valence-electron chi connectivity index (χ3n) is 3.37. The van der Waals surface area contributed by atoms with Gasteiger partial charge in [-0.1, -0.05) is 34.4 Å². The van der Waals surface area contributed by atoms with Gasteiger partial charge in [0.25, 0.3) is 0 Å². The fourth-order valence-corrected chi connectivity index (χ4v) is 2.86. The van der Waals surface area contributed by atoms with Crippen LogP contribution in [0.15, 0.2) is 35.5 Å². The van der Waals surface area contributed by atoms with Gasteiger partial charge in [0.15, 0.2) is 11.5 Å². The number of ether oxygens (including phenoxy) is 2. The highest BCUT2D eigenvalue weighted by Crippen LogP contribution is 2.34. The zero-order valence-corrected chi connectivity index (χ0v) is 14.8. The first-order valence-electron chi connectivity index (χ1n) is 6.82. The van der Waals surface area contributed by atoms with Crippen LogP contribution >= 0.6 is 23.2 Å². The number of benzene rings is 2. The van der Waals surface area contributed by atoms with E-state index in [1.807, 2.05) is 19.1 Å². The van der Waals surface area contributed by atoms with Crippen LogP contribution in [0.1, 0.15) is 16.7 Å². The number of rotatable bonds is 5. The molecule has 122 valence electrons. The van der Waals surface area contributed by atoms with E-state index in [2.05, 4.69) is 5.16 Å². The van der Waals surface area contributed by atoms with Gasteiger partial charge in [-0.05, 0) is 36.8 Å². The summed E-state index contributed by atoms with van der Waals surface area (Å²) in [4.78, 5) is 5.01. The minimum absolute atomic E-state index is 0.488. The molecular weight excluding hydrogens is 337 g/mol. The first-order chi connectivity index (χ1) is 11.0. The highest BCUT2D eigenvalue weighted by Gasteiger charge is 2.20. The van der Waals surface area contributed by atoms with Crippen LogP contribution in [-0.2, 0) is 4.84 Å². The van der Waals surface area contributed by atoms with Gasteiger partial charge >= 0.3 is 0 Å². The Morgan fingerprint density at radius 2 is 1.52 bits per heavy atom. The van der Waals surface area contributed by atoms with Crippen LogP contribution in [0.25, 0.3) is 0 Å². The summed E-state index contributed by atoms with van der Waals surface area (Å²) in [6, 6.07) is 8.98. The van der Waals surface area contributed by atoms with E-state index >= 15 is 0 Å². The summed E-state index contributed by atoms with van der Waals surface area (Å²) in [5.41, 5.74) is 2.85. The van der Waals surface area contributed by atoms with Gasteiger partial charge in [0, 0.05) is 11.1 Å². The lowest BCUT2D eigenvalue weighted by atomic mass is 9.97. The molecule has 0 heterocycles. The summed E-state index contributed by atoms with van der Waals surface area (Å²) < 4.78 is 10.7.